The predicted molar refractivity (Wildman–Crippen MR) is 119 cm³/mol. The fourth-order valence-electron chi connectivity index (χ4n) is 2.96. The molecule has 2 aromatic carbocycles. The highest BCUT2D eigenvalue weighted by Gasteiger charge is 2.18. The SMILES string of the molecule is CCS(=O)(=O)c1ccc(-c2cccc(NC(=O)c3cc(OC)c(OC)c(OC)c3)c2)nn1. The average molecular weight is 458 g/mol. The summed E-state index contributed by atoms with van der Waals surface area (Å²) in [6.07, 6.45) is 0. The van der Waals surface area contributed by atoms with Crippen molar-refractivity contribution in [2.24, 2.45) is 0 Å². The molecular weight excluding hydrogens is 434 g/mol. The first kappa shape index (κ1) is 23.0. The van der Waals surface area contributed by atoms with Gasteiger partial charge in [0.1, 0.15) is 0 Å². The number of methoxy groups -OCH3 is 3. The highest BCUT2D eigenvalue weighted by atomic mass is 32.2. The van der Waals surface area contributed by atoms with Gasteiger partial charge in [-0.25, -0.2) is 8.42 Å². The van der Waals surface area contributed by atoms with Crippen LogP contribution in [0.2, 0.25) is 0 Å². The van der Waals surface area contributed by atoms with Crippen molar-refractivity contribution in [2.75, 3.05) is 32.4 Å². The van der Waals surface area contributed by atoms with Crippen LogP contribution in [-0.4, -0.2) is 51.6 Å². The van der Waals surface area contributed by atoms with Crippen LogP contribution in [0.3, 0.4) is 0 Å². The number of rotatable bonds is 8. The predicted octanol–water partition coefficient (Wildman–Crippen LogP) is 3.22. The third-order valence-corrected chi connectivity index (χ3v) is 6.30. The van der Waals surface area contributed by atoms with Crippen LogP contribution in [0.1, 0.15) is 17.3 Å². The van der Waals surface area contributed by atoms with Crippen LogP contribution in [0.4, 0.5) is 5.69 Å². The van der Waals surface area contributed by atoms with Crippen molar-refractivity contribution in [1.82, 2.24) is 10.2 Å². The number of benzene rings is 2. The van der Waals surface area contributed by atoms with E-state index in [0.717, 1.165) is 0 Å². The largest absolute Gasteiger partial charge is 0.493 e. The molecule has 168 valence electrons. The first-order valence-corrected chi connectivity index (χ1v) is 11.3. The summed E-state index contributed by atoms with van der Waals surface area (Å²) >= 11 is 0. The first-order valence-electron chi connectivity index (χ1n) is 9.61. The molecule has 0 bridgehead atoms. The molecule has 0 aliphatic carbocycles. The van der Waals surface area contributed by atoms with Gasteiger partial charge in [0.25, 0.3) is 5.91 Å². The number of sulfone groups is 1. The average Bonchev–Trinajstić information content (AvgIpc) is 2.83. The zero-order chi connectivity index (χ0) is 23.3. The van der Waals surface area contributed by atoms with Crippen molar-refractivity contribution >= 4 is 21.4 Å². The third kappa shape index (κ3) is 4.80. The fourth-order valence-corrected chi connectivity index (χ4v) is 3.70. The molecule has 0 saturated heterocycles. The molecule has 1 aromatic heterocycles. The minimum Gasteiger partial charge on any atom is -0.493 e. The minimum absolute atomic E-state index is 0.0521. The standard InChI is InChI=1S/C22H23N3O6S/c1-5-32(27,28)20-10-9-17(24-25-20)14-7-6-8-16(11-14)23-22(26)15-12-18(29-2)21(31-4)19(13-15)30-3/h6-13H,5H2,1-4H3,(H,23,26). The van der Waals surface area contributed by atoms with Gasteiger partial charge in [0.2, 0.25) is 5.75 Å². The van der Waals surface area contributed by atoms with Crippen LogP contribution in [-0.2, 0) is 9.84 Å². The molecule has 3 aromatic rings. The van der Waals surface area contributed by atoms with Gasteiger partial charge in [-0.3, -0.25) is 4.79 Å². The number of hydrogen-bond acceptors (Lipinski definition) is 8. The van der Waals surface area contributed by atoms with Crippen LogP contribution in [0.15, 0.2) is 53.6 Å². The van der Waals surface area contributed by atoms with Crippen LogP contribution >= 0.6 is 0 Å². The normalized spacial score (nSPS) is 11.0. The molecule has 32 heavy (non-hydrogen) atoms. The Kier molecular flexibility index (Phi) is 6.94. The quantitative estimate of drug-likeness (QED) is 0.548. The topological polar surface area (TPSA) is 117 Å². The molecule has 1 heterocycles. The monoisotopic (exact) mass is 457 g/mol. The fraction of sp³-hybridized carbons (Fsp3) is 0.227. The van der Waals surface area contributed by atoms with Crippen molar-refractivity contribution in [3.8, 4) is 28.5 Å². The number of carbonyl (C=O) groups is 1. The van der Waals surface area contributed by atoms with Crippen molar-refractivity contribution in [3.63, 3.8) is 0 Å². The number of nitrogens with zero attached hydrogens (tertiary/aromatic N) is 2. The van der Waals surface area contributed by atoms with Gasteiger partial charge in [-0.05, 0) is 36.4 Å². The lowest BCUT2D eigenvalue weighted by molar-refractivity contribution is 0.102. The van der Waals surface area contributed by atoms with Crippen molar-refractivity contribution in [3.05, 3.63) is 54.1 Å². The van der Waals surface area contributed by atoms with Gasteiger partial charge in [0, 0.05) is 16.8 Å². The zero-order valence-corrected chi connectivity index (χ0v) is 18.9. The van der Waals surface area contributed by atoms with Crippen molar-refractivity contribution in [2.45, 2.75) is 11.9 Å². The number of carbonyl (C=O) groups excluding carboxylic acids is 1. The third-order valence-electron chi connectivity index (χ3n) is 4.68. The highest BCUT2D eigenvalue weighted by molar-refractivity contribution is 7.91. The summed E-state index contributed by atoms with van der Waals surface area (Å²) in [5, 5.41) is 10.6. The maximum atomic E-state index is 12.8. The molecule has 0 radical (unpaired) electrons. The van der Waals surface area contributed by atoms with E-state index < -0.39 is 9.84 Å². The molecule has 0 aliphatic heterocycles. The lowest BCUT2D eigenvalue weighted by atomic mass is 10.1. The molecule has 0 fully saturated rings. The molecule has 0 atom stereocenters. The number of anilines is 1. The van der Waals surface area contributed by atoms with Crippen LogP contribution in [0, 0.1) is 0 Å². The second-order valence-corrected chi connectivity index (χ2v) is 8.83. The Morgan fingerprint density at radius 3 is 2.16 bits per heavy atom. The van der Waals surface area contributed by atoms with E-state index in [1.165, 1.54) is 27.4 Å². The molecule has 0 unspecified atom stereocenters. The molecule has 0 spiro atoms. The molecule has 0 saturated carbocycles. The number of ether oxygens (including phenoxy) is 3. The Balaban J connectivity index is 1.86. The Labute approximate surface area is 186 Å². The molecular formula is C22H23N3O6S. The smallest absolute Gasteiger partial charge is 0.255 e. The van der Waals surface area contributed by atoms with Gasteiger partial charge in [-0.15, -0.1) is 10.2 Å². The lowest BCUT2D eigenvalue weighted by Gasteiger charge is -2.14. The zero-order valence-electron chi connectivity index (χ0n) is 18.1. The lowest BCUT2D eigenvalue weighted by Crippen LogP contribution is -2.12. The van der Waals surface area contributed by atoms with Gasteiger partial charge in [0.05, 0.1) is 32.8 Å². The van der Waals surface area contributed by atoms with E-state index in [1.54, 1.807) is 49.4 Å². The van der Waals surface area contributed by atoms with E-state index in [1.807, 2.05) is 0 Å². The van der Waals surface area contributed by atoms with E-state index in [9.17, 15) is 13.2 Å². The second kappa shape index (κ2) is 9.65. The number of hydrogen-bond donors (Lipinski definition) is 1. The maximum Gasteiger partial charge on any atom is 0.255 e. The minimum atomic E-state index is -3.43. The summed E-state index contributed by atoms with van der Waals surface area (Å²) < 4.78 is 39.7. The number of nitrogens with one attached hydrogen (secondary N) is 1. The van der Waals surface area contributed by atoms with Gasteiger partial charge < -0.3 is 19.5 Å². The summed E-state index contributed by atoms with van der Waals surface area (Å²) in [5.74, 6) is 0.688. The molecule has 1 amide bonds. The van der Waals surface area contributed by atoms with E-state index in [0.29, 0.717) is 39.8 Å². The Hall–Kier alpha value is -3.66. The first-order chi connectivity index (χ1) is 15.3. The number of aromatic nitrogens is 2. The summed E-state index contributed by atoms with van der Waals surface area (Å²) in [4.78, 5) is 12.8. The van der Waals surface area contributed by atoms with Crippen LogP contribution < -0.4 is 19.5 Å². The van der Waals surface area contributed by atoms with Gasteiger partial charge in [-0.2, -0.15) is 0 Å². The summed E-state index contributed by atoms with van der Waals surface area (Å²) in [6.45, 7) is 1.55. The molecule has 0 aliphatic rings. The van der Waals surface area contributed by atoms with Gasteiger partial charge in [0.15, 0.2) is 26.4 Å². The highest BCUT2D eigenvalue weighted by Crippen LogP contribution is 2.38. The molecule has 1 N–H and O–H groups in total. The Bertz CT molecular complexity index is 1200. The summed E-state index contributed by atoms with van der Waals surface area (Å²) in [7, 11) is 1.00. The van der Waals surface area contributed by atoms with Crippen molar-refractivity contribution in [1.29, 1.82) is 0 Å². The van der Waals surface area contributed by atoms with Gasteiger partial charge in [-0.1, -0.05) is 19.1 Å². The van der Waals surface area contributed by atoms with E-state index >= 15 is 0 Å². The Morgan fingerprint density at radius 1 is 0.938 bits per heavy atom. The van der Waals surface area contributed by atoms with Crippen LogP contribution in [0.25, 0.3) is 11.3 Å². The van der Waals surface area contributed by atoms with E-state index in [4.69, 9.17) is 14.2 Å². The maximum absolute atomic E-state index is 12.8. The summed E-state index contributed by atoms with van der Waals surface area (Å²) in [5.41, 5.74) is 1.98. The number of amides is 1. The molecule has 9 nitrogen and oxygen atoms in total. The Morgan fingerprint density at radius 2 is 1.62 bits per heavy atom. The van der Waals surface area contributed by atoms with E-state index in [2.05, 4.69) is 15.5 Å². The molecule has 10 heteroatoms. The van der Waals surface area contributed by atoms with E-state index in [-0.39, 0.29) is 16.7 Å². The van der Waals surface area contributed by atoms with Crippen LogP contribution in [0.5, 0.6) is 17.2 Å². The summed E-state index contributed by atoms with van der Waals surface area (Å²) in [6, 6.07) is 13.1. The van der Waals surface area contributed by atoms with Crippen molar-refractivity contribution < 1.29 is 27.4 Å². The molecule has 3 rings (SSSR count). The second-order valence-electron chi connectivity index (χ2n) is 6.61. The van der Waals surface area contributed by atoms with Gasteiger partial charge >= 0.3 is 0 Å².